The third-order valence-electron chi connectivity index (χ3n) is 3.00. The Balaban J connectivity index is 0. The summed E-state index contributed by atoms with van der Waals surface area (Å²) in [6.07, 6.45) is 16.1. The van der Waals surface area contributed by atoms with Gasteiger partial charge in [-0.25, -0.2) is 4.57 Å². The molecule has 0 spiro atoms. The van der Waals surface area contributed by atoms with Crippen LogP contribution >= 0.6 is 7.82 Å². The zero-order valence-electron chi connectivity index (χ0n) is 13.5. The van der Waals surface area contributed by atoms with E-state index in [1.807, 2.05) is 6.08 Å². The molecule has 0 aromatic heterocycles. The van der Waals surface area contributed by atoms with Gasteiger partial charge in [0.25, 0.3) is 0 Å². The van der Waals surface area contributed by atoms with E-state index >= 15 is 0 Å². The Morgan fingerprint density at radius 3 is 1.67 bits per heavy atom. The van der Waals surface area contributed by atoms with Crippen LogP contribution in [0.2, 0.25) is 0 Å². The quantitative estimate of drug-likeness (QED) is 0.235. The van der Waals surface area contributed by atoms with E-state index < -0.39 is 7.82 Å². The summed E-state index contributed by atoms with van der Waals surface area (Å²) >= 11 is 0. The van der Waals surface area contributed by atoms with Gasteiger partial charge in [-0.05, 0) is 13.0 Å². The molecule has 0 atom stereocenters. The molecule has 0 amide bonds. The summed E-state index contributed by atoms with van der Waals surface area (Å²) in [5.41, 5.74) is 0. The molecule has 0 aliphatic carbocycles. The third-order valence-corrected chi connectivity index (χ3v) is 3.00. The second kappa shape index (κ2) is 17.9. The normalized spacial score (nSPS) is 10.9. The van der Waals surface area contributed by atoms with Gasteiger partial charge in [0.05, 0.1) is 0 Å². The molecule has 0 rings (SSSR count). The number of unbranched alkanes of at least 4 members (excludes halogenated alkanes) is 9. The maximum Gasteiger partial charge on any atom is 0.466 e. The number of nitrogens with one attached hydrogen (secondary N) is 1. The first-order valence-corrected chi connectivity index (χ1v) is 9.58. The fourth-order valence-electron chi connectivity index (χ4n) is 1.94. The lowest BCUT2D eigenvalue weighted by atomic mass is 10.1. The van der Waals surface area contributed by atoms with Crippen molar-refractivity contribution in [1.82, 2.24) is 5.32 Å². The Morgan fingerprint density at radius 2 is 1.29 bits per heavy atom. The van der Waals surface area contributed by atoms with Gasteiger partial charge in [0.15, 0.2) is 0 Å². The molecular formula is C15H34NO4P. The van der Waals surface area contributed by atoms with E-state index in [1.165, 1.54) is 64.2 Å². The van der Waals surface area contributed by atoms with E-state index in [4.69, 9.17) is 19.2 Å². The molecule has 0 heterocycles. The third kappa shape index (κ3) is 38.3. The monoisotopic (exact) mass is 323 g/mol. The van der Waals surface area contributed by atoms with Gasteiger partial charge >= 0.3 is 7.82 Å². The van der Waals surface area contributed by atoms with Crippen LogP contribution in [0.5, 0.6) is 0 Å². The van der Waals surface area contributed by atoms with Crippen LogP contribution in [0, 0.1) is 0 Å². The topological polar surface area (TPSA) is 89.8 Å². The van der Waals surface area contributed by atoms with Crippen molar-refractivity contribution in [3.8, 4) is 0 Å². The van der Waals surface area contributed by atoms with E-state index in [-0.39, 0.29) is 0 Å². The predicted molar refractivity (Wildman–Crippen MR) is 89.2 cm³/mol. The summed E-state index contributed by atoms with van der Waals surface area (Å²) in [7, 11) is -4.64. The van der Waals surface area contributed by atoms with E-state index in [0.717, 1.165) is 13.1 Å². The largest absolute Gasteiger partial charge is 0.466 e. The van der Waals surface area contributed by atoms with Crippen molar-refractivity contribution >= 4 is 7.82 Å². The molecule has 128 valence electrons. The molecule has 0 aliphatic rings. The van der Waals surface area contributed by atoms with Gasteiger partial charge in [-0.15, -0.1) is 6.58 Å². The van der Waals surface area contributed by atoms with E-state index in [2.05, 4.69) is 18.8 Å². The van der Waals surface area contributed by atoms with Crippen molar-refractivity contribution in [1.29, 1.82) is 0 Å². The van der Waals surface area contributed by atoms with Crippen LogP contribution in [0.3, 0.4) is 0 Å². The van der Waals surface area contributed by atoms with Crippen LogP contribution in [-0.4, -0.2) is 27.8 Å². The minimum absolute atomic E-state index is 0.956. The van der Waals surface area contributed by atoms with Crippen molar-refractivity contribution in [2.24, 2.45) is 0 Å². The fraction of sp³-hybridized carbons (Fsp3) is 0.867. The first kappa shape index (κ1) is 23.1. The number of hydrogen-bond donors (Lipinski definition) is 4. The van der Waals surface area contributed by atoms with Crippen LogP contribution < -0.4 is 5.32 Å². The van der Waals surface area contributed by atoms with Crippen LogP contribution in [0.4, 0.5) is 0 Å². The maximum absolute atomic E-state index is 8.88. The number of rotatable bonds is 13. The van der Waals surface area contributed by atoms with Gasteiger partial charge in [-0.3, -0.25) is 0 Å². The first-order chi connectivity index (χ1) is 9.91. The molecule has 0 fully saturated rings. The smallest absolute Gasteiger partial charge is 0.313 e. The lowest BCUT2D eigenvalue weighted by Crippen LogP contribution is -2.14. The van der Waals surface area contributed by atoms with Crippen LogP contribution in [0.1, 0.15) is 71.1 Å². The van der Waals surface area contributed by atoms with Gasteiger partial charge < -0.3 is 20.0 Å². The first-order valence-electron chi connectivity index (χ1n) is 8.01. The Labute approximate surface area is 130 Å². The summed E-state index contributed by atoms with van der Waals surface area (Å²) < 4.78 is 8.88. The molecule has 0 bridgehead atoms. The summed E-state index contributed by atoms with van der Waals surface area (Å²) in [6, 6.07) is 0. The minimum Gasteiger partial charge on any atom is -0.313 e. The average molecular weight is 323 g/mol. The lowest BCUT2D eigenvalue weighted by molar-refractivity contribution is 0.275. The van der Waals surface area contributed by atoms with Crippen LogP contribution in [0.15, 0.2) is 12.7 Å². The van der Waals surface area contributed by atoms with Crippen LogP contribution in [0.25, 0.3) is 0 Å². The fourth-order valence-corrected chi connectivity index (χ4v) is 1.94. The van der Waals surface area contributed by atoms with Gasteiger partial charge in [-0.2, -0.15) is 0 Å². The molecule has 0 unspecified atom stereocenters. The van der Waals surface area contributed by atoms with Crippen molar-refractivity contribution in [3.63, 3.8) is 0 Å². The molecule has 0 aliphatic heterocycles. The van der Waals surface area contributed by atoms with Crippen molar-refractivity contribution < 1.29 is 19.2 Å². The summed E-state index contributed by atoms with van der Waals surface area (Å²) in [6.45, 7) is 8.08. The molecule has 21 heavy (non-hydrogen) atoms. The number of hydrogen-bond acceptors (Lipinski definition) is 2. The van der Waals surface area contributed by atoms with Crippen molar-refractivity contribution in [2.45, 2.75) is 71.1 Å². The Morgan fingerprint density at radius 1 is 0.905 bits per heavy atom. The van der Waals surface area contributed by atoms with Gasteiger partial charge in [-0.1, -0.05) is 70.8 Å². The molecule has 0 aromatic carbocycles. The highest BCUT2D eigenvalue weighted by Gasteiger charge is 2.00. The molecule has 0 radical (unpaired) electrons. The van der Waals surface area contributed by atoms with Gasteiger partial charge in [0, 0.05) is 6.54 Å². The Kier molecular flexibility index (Phi) is 19.6. The maximum atomic E-state index is 8.88. The molecule has 0 saturated heterocycles. The summed E-state index contributed by atoms with van der Waals surface area (Å²) in [5.74, 6) is 0. The predicted octanol–water partition coefficient (Wildman–Crippen LogP) is 3.75. The average Bonchev–Trinajstić information content (AvgIpc) is 2.38. The molecule has 5 nitrogen and oxygen atoms in total. The van der Waals surface area contributed by atoms with Crippen molar-refractivity contribution in [2.75, 3.05) is 13.1 Å². The highest BCUT2D eigenvalue weighted by Crippen LogP contribution is 2.25. The molecule has 6 heteroatoms. The van der Waals surface area contributed by atoms with Gasteiger partial charge in [0.1, 0.15) is 0 Å². The Bertz CT molecular complexity index is 248. The summed E-state index contributed by atoms with van der Waals surface area (Å²) in [5, 5.41) is 3.34. The lowest BCUT2D eigenvalue weighted by Gasteiger charge is -2.03. The second-order valence-corrected chi connectivity index (χ2v) is 6.21. The van der Waals surface area contributed by atoms with Crippen LogP contribution in [-0.2, 0) is 4.57 Å². The SMILES string of the molecule is C=CCNCCCCCCCCCCCC.O=P(O)(O)O. The summed E-state index contributed by atoms with van der Waals surface area (Å²) in [4.78, 5) is 21.6. The minimum atomic E-state index is -4.64. The second-order valence-electron chi connectivity index (χ2n) is 5.19. The highest BCUT2D eigenvalue weighted by atomic mass is 31.2. The standard InChI is InChI=1S/C15H31N.H3O4P/c1-3-5-6-7-8-9-10-11-12-13-15-16-14-4-2;1-5(2,3)4/h4,16H,2-3,5-15H2,1H3;(H3,1,2,3,4). The molecule has 0 saturated carbocycles. The van der Waals surface area contributed by atoms with Gasteiger partial charge in [0.2, 0.25) is 0 Å². The number of phosphoric acid groups is 1. The molecule has 4 N–H and O–H groups in total. The molecular weight excluding hydrogens is 289 g/mol. The molecule has 0 aromatic rings. The zero-order chi connectivity index (χ0) is 16.4. The Hall–Kier alpha value is -0.190. The van der Waals surface area contributed by atoms with E-state index in [9.17, 15) is 0 Å². The zero-order valence-corrected chi connectivity index (χ0v) is 14.4. The van der Waals surface area contributed by atoms with Crippen molar-refractivity contribution in [3.05, 3.63) is 12.7 Å². The van der Waals surface area contributed by atoms with E-state index in [1.54, 1.807) is 0 Å². The van der Waals surface area contributed by atoms with E-state index in [0.29, 0.717) is 0 Å². The highest BCUT2D eigenvalue weighted by molar-refractivity contribution is 7.45.